The van der Waals surface area contributed by atoms with Crippen LogP contribution in [0.15, 0.2) is 30.9 Å². The molecule has 9 nitrogen and oxygen atoms in total. The Morgan fingerprint density at radius 1 is 0.913 bits per heavy atom. The smallest absolute Gasteiger partial charge is 0.356 e. The van der Waals surface area contributed by atoms with Crippen molar-refractivity contribution in [2.24, 2.45) is 0 Å². The molecule has 0 saturated carbocycles. The molecule has 2 aromatic rings. The monoisotopic (exact) mass is 314 g/mol. The molecule has 9 heteroatoms. The van der Waals surface area contributed by atoms with Crippen LogP contribution in [0.25, 0.3) is 0 Å². The maximum absolute atomic E-state index is 12.4. The molecule has 1 amide bonds. The van der Waals surface area contributed by atoms with E-state index < -0.39 is 5.97 Å². The maximum atomic E-state index is 12.4. The number of hydrogen-bond donors (Lipinski definition) is 1. The first kappa shape index (κ1) is 14.8. The molecule has 0 radical (unpaired) electrons. The third-order valence-corrected chi connectivity index (χ3v) is 3.49. The number of carbonyl (C=O) groups excluding carboxylic acids is 1. The normalized spacial score (nSPS) is 14.6. The summed E-state index contributed by atoms with van der Waals surface area (Å²) in [5.41, 5.74) is -0.0491. The predicted octanol–water partition coefficient (Wildman–Crippen LogP) is -0.0728. The first-order valence-electron chi connectivity index (χ1n) is 7.02. The van der Waals surface area contributed by atoms with Crippen molar-refractivity contribution in [2.45, 2.75) is 0 Å². The number of rotatable bonds is 3. The second-order valence-corrected chi connectivity index (χ2v) is 4.92. The summed E-state index contributed by atoms with van der Waals surface area (Å²) in [7, 11) is 0. The lowest BCUT2D eigenvalue weighted by Gasteiger charge is -2.34. The van der Waals surface area contributed by atoms with Crippen molar-refractivity contribution in [3.8, 4) is 0 Å². The molecule has 0 aliphatic carbocycles. The number of carboxylic acids is 1. The highest BCUT2D eigenvalue weighted by Crippen LogP contribution is 2.11. The Bertz CT molecular complexity index is 698. The van der Waals surface area contributed by atoms with E-state index in [1.165, 1.54) is 6.20 Å². The molecular weight excluding hydrogens is 300 g/mol. The second kappa shape index (κ2) is 6.34. The average Bonchev–Trinajstić information content (AvgIpc) is 2.62. The number of aromatic carboxylic acids is 1. The lowest BCUT2D eigenvalue weighted by molar-refractivity contribution is 0.0684. The van der Waals surface area contributed by atoms with Crippen LogP contribution in [0, 0.1) is 0 Å². The molecule has 1 N–H and O–H groups in total. The third kappa shape index (κ3) is 3.23. The van der Waals surface area contributed by atoms with E-state index in [0.717, 1.165) is 6.20 Å². The van der Waals surface area contributed by atoms with Gasteiger partial charge in [-0.15, -0.1) is 0 Å². The highest BCUT2D eigenvalue weighted by molar-refractivity contribution is 5.93. The van der Waals surface area contributed by atoms with E-state index in [-0.39, 0.29) is 17.3 Å². The van der Waals surface area contributed by atoms with Crippen LogP contribution in [0.2, 0.25) is 0 Å². The number of piperazine rings is 1. The lowest BCUT2D eigenvalue weighted by Crippen LogP contribution is -2.49. The topological polar surface area (TPSA) is 112 Å². The van der Waals surface area contributed by atoms with Crippen molar-refractivity contribution in [1.82, 2.24) is 24.8 Å². The summed E-state index contributed by atoms with van der Waals surface area (Å²) in [6.07, 6.45) is 5.64. The summed E-state index contributed by atoms with van der Waals surface area (Å²) in [4.78, 5) is 42.7. The quantitative estimate of drug-likeness (QED) is 0.837. The van der Waals surface area contributed by atoms with Crippen molar-refractivity contribution in [3.05, 3.63) is 42.2 Å². The van der Waals surface area contributed by atoms with Gasteiger partial charge in [0.15, 0.2) is 5.69 Å². The molecule has 0 bridgehead atoms. The van der Waals surface area contributed by atoms with E-state index in [1.807, 2.05) is 4.90 Å². The van der Waals surface area contributed by atoms with Gasteiger partial charge in [0.25, 0.3) is 5.91 Å². The van der Waals surface area contributed by atoms with E-state index in [4.69, 9.17) is 5.11 Å². The summed E-state index contributed by atoms with van der Waals surface area (Å²) >= 11 is 0. The number of hydrogen-bond acceptors (Lipinski definition) is 7. The van der Waals surface area contributed by atoms with Crippen LogP contribution >= 0.6 is 0 Å². The minimum Gasteiger partial charge on any atom is -0.476 e. The van der Waals surface area contributed by atoms with Gasteiger partial charge in [0.05, 0.1) is 12.4 Å². The molecule has 3 heterocycles. The molecule has 0 atom stereocenters. The molecule has 2 aromatic heterocycles. The first-order chi connectivity index (χ1) is 11.1. The van der Waals surface area contributed by atoms with Crippen molar-refractivity contribution in [1.29, 1.82) is 0 Å². The Morgan fingerprint density at radius 3 is 2.09 bits per heavy atom. The lowest BCUT2D eigenvalue weighted by atomic mass is 10.3. The van der Waals surface area contributed by atoms with Gasteiger partial charge in [-0.25, -0.2) is 24.7 Å². The number of anilines is 1. The number of carbonyl (C=O) groups is 2. The summed E-state index contributed by atoms with van der Waals surface area (Å²) < 4.78 is 0. The van der Waals surface area contributed by atoms with Gasteiger partial charge < -0.3 is 14.9 Å². The Morgan fingerprint density at radius 2 is 1.52 bits per heavy atom. The SMILES string of the molecule is O=C(O)c1cnc(C(=O)N2CCN(c3ncccn3)CC2)cn1. The second-order valence-electron chi connectivity index (χ2n) is 4.92. The molecule has 0 unspecified atom stereocenters. The van der Waals surface area contributed by atoms with Crippen molar-refractivity contribution in [3.63, 3.8) is 0 Å². The van der Waals surface area contributed by atoms with Crippen molar-refractivity contribution < 1.29 is 14.7 Å². The number of amides is 1. The number of aromatic nitrogens is 4. The van der Waals surface area contributed by atoms with Crippen LogP contribution in [-0.2, 0) is 0 Å². The molecule has 1 aliphatic heterocycles. The Kier molecular flexibility index (Phi) is 4.09. The maximum Gasteiger partial charge on any atom is 0.356 e. The van der Waals surface area contributed by atoms with Gasteiger partial charge in [0, 0.05) is 38.6 Å². The zero-order valence-electron chi connectivity index (χ0n) is 12.2. The van der Waals surface area contributed by atoms with Gasteiger partial charge in [0.2, 0.25) is 5.95 Å². The fourth-order valence-corrected chi connectivity index (χ4v) is 2.27. The van der Waals surface area contributed by atoms with Crippen molar-refractivity contribution in [2.75, 3.05) is 31.1 Å². The zero-order valence-corrected chi connectivity index (χ0v) is 12.2. The fraction of sp³-hybridized carbons (Fsp3) is 0.286. The van der Waals surface area contributed by atoms with Gasteiger partial charge in [-0.05, 0) is 6.07 Å². The van der Waals surface area contributed by atoms with Gasteiger partial charge in [-0.3, -0.25) is 4.79 Å². The highest BCUT2D eigenvalue weighted by atomic mass is 16.4. The molecule has 23 heavy (non-hydrogen) atoms. The molecule has 1 aliphatic rings. The van der Waals surface area contributed by atoms with Gasteiger partial charge in [-0.1, -0.05) is 0 Å². The van der Waals surface area contributed by atoms with Crippen LogP contribution in [0.5, 0.6) is 0 Å². The van der Waals surface area contributed by atoms with Gasteiger partial charge in [-0.2, -0.15) is 0 Å². The van der Waals surface area contributed by atoms with Gasteiger partial charge in [0.1, 0.15) is 5.69 Å². The molecule has 1 fully saturated rings. The standard InChI is InChI=1S/C14H14N6O3/c21-12(10-8-18-11(9-17-10)13(22)23)19-4-6-20(7-5-19)14-15-2-1-3-16-14/h1-3,8-9H,4-7H2,(H,22,23). The van der Waals surface area contributed by atoms with Crippen LogP contribution in [0.1, 0.15) is 21.0 Å². The minimum atomic E-state index is -1.17. The molecule has 3 rings (SSSR count). The first-order valence-corrected chi connectivity index (χ1v) is 7.02. The van der Waals surface area contributed by atoms with Crippen LogP contribution in [-0.4, -0.2) is 68.0 Å². The Hall–Kier alpha value is -3.10. The number of carboxylic acid groups (broad SMARTS) is 1. The molecule has 0 spiro atoms. The largest absolute Gasteiger partial charge is 0.476 e. The van der Waals surface area contributed by atoms with Crippen molar-refractivity contribution >= 4 is 17.8 Å². The molecule has 1 saturated heterocycles. The van der Waals surface area contributed by atoms with E-state index >= 15 is 0 Å². The predicted molar refractivity (Wildman–Crippen MR) is 79.1 cm³/mol. The Balaban J connectivity index is 1.63. The number of nitrogens with zero attached hydrogens (tertiary/aromatic N) is 6. The molecule has 118 valence electrons. The van der Waals surface area contributed by atoms with Gasteiger partial charge >= 0.3 is 5.97 Å². The third-order valence-electron chi connectivity index (χ3n) is 3.49. The fourth-order valence-electron chi connectivity index (χ4n) is 2.27. The van der Waals surface area contributed by atoms with Crippen LogP contribution < -0.4 is 4.90 Å². The highest BCUT2D eigenvalue weighted by Gasteiger charge is 2.24. The van der Waals surface area contributed by atoms with Crippen LogP contribution in [0.3, 0.4) is 0 Å². The summed E-state index contributed by atoms with van der Waals surface area (Å²) in [5.74, 6) is -0.791. The van der Waals surface area contributed by atoms with E-state index in [9.17, 15) is 9.59 Å². The zero-order chi connectivity index (χ0) is 16.2. The summed E-state index contributed by atoms with van der Waals surface area (Å²) in [6.45, 7) is 2.27. The van der Waals surface area contributed by atoms with Crippen LogP contribution in [0.4, 0.5) is 5.95 Å². The summed E-state index contributed by atoms with van der Waals surface area (Å²) in [5, 5.41) is 8.79. The molecular formula is C14H14N6O3. The Labute approximate surface area is 131 Å². The van der Waals surface area contributed by atoms with E-state index in [1.54, 1.807) is 23.4 Å². The minimum absolute atomic E-state index is 0.138. The summed E-state index contributed by atoms with van der Waals surface area (Å²) in [6, 6.07) is 1.75. The van der Waals surface area contributed by atoms with E-state index in [2.05, 4.69) is 19.9 Å². The average molecular weight is 314 g/mol. The molecule has 0 aromatic carbocycles. The van der Waals surface area contributed by atoms with E-state index in [0.29, 0.717) is 32.1 Å².